The van der Waals surface area contributed by atoms with Gasteiger partial charge in [-0.25, -0.2) is 0 Å². The van der Waals surface area contributed by atoms with Gasteiger partial charge < -0.3 is 14.8 Å². The second-order valence-corrected chi connectivity index (χ2v) is 5.77. The third-order valence-electron chi connectivity index (χ3n) is 3.23. The molecule has 1 aromatic carbocycles. The van der Waals surface area contributed by atoms with E-state index in [9.17, 15) is 8.78 Å². The average Bonchev–Trinajstić information content (AvgIpc) is 2.46. The number of rotatable bonds is 6. The van der Waals surface area contributed by atoms with Gasteiger partial charge in [-0.2, -0.15) is 20.5 Å². The van der Waals surface area contributed by atoms with E-state index in [-0.39, 0.29) is 5.75 Å². The fourth-order valence-electron chi connectivity index (χ4n) is 2.24. The van der Waals surface area contributed by atoms with Crippen molar-refractivity contribution in [3.63, 3.8) is 0 Å². The van der Waals surface area contributed by atoms with Crippen molar-refractivity contribution in [2.24, 2.45) is 0 Å². The number of hydrogen-bond donors (Lipinski definition) is 1. The number of para-hydroxylation sites is 1. The Labute approximate surface area is 122 Å². The summed E-state index contributed by atoms with van der Waals surface area (Å²) in [5, 5.41) is 3.40. The number of benzene rings is 1. The molecule has 20 heavy (non-hydrogen) atoms. The summed E-state index contributed by atoms with van der Waals surface area (Å²) in [6, 6.07) is 5.62. The summed E-state index contributed by atoms with van der Waals surface area (Å²) in [6.45, 7) is -2.35. The molecule has 1 fully saturated rings. The number of halogens is 2. The van der Waals surface area contributed by atoms with Crippen molar-refractivity contribution >= 4 is 11.8 Å². The Morgan fingerprint density at radius 3 is 2.95 bits per heavy atom. The molecule has 112 valence electrons. The molecule has 1 saturated heterocycles. The molecule has 0 aliphatic carbocycles. The van der Waals surface area contributed by atoms with Gasteiger partial charge >= 0.3 is 6.61 Å². The van der Waals surface area contributed by atoms with Gasteiger partial charge in [0.05, 0.1) is 7.11 Å². The van der Waals surface area contributed by atoms with E-state index < -0.39 is 6.61 Å². The first kappa shape index (κ1) is 15.4. The quantitative estimate of drug-likeness (QED) is 0.873. The highest BCUT2D eigenvalue weighted by Crippen LogP contribution is 2.32. The maximum Gasteiger partial charge on any atom is 0.387 e. The fraction of sp³-hybridized carbons (Fsp3) is 0.571. The molecular weight excluding hydrogens is 284 g/mol. The van der Waals surface area contributed by atoms with Crippen molar-refractivity contribution in [3.8, 4) is 11.5 Å². The monoisotopic (exact) mass is 303 g/mol. The molecule has 1 atom stereocenters. The zero-order chi connectivity index (χ0) is 14.4. The molecule has 0 spiro atoms. The molecule has 0 saturated carbocycles. The molecule has 6 heteroatoms. The molecule has 2 rings (SSSR count). The molecule has 1 aromatic rings. The zero-order valence-electron chi connectivity index (χ0n) is 11.4. The van der Waals surface area contributed by atoms with Crippen molar-refractivity contribution in [3.05, 3.63) is 23.8 Å². The van der Waals surface area contributed by atoms with Crippen LogP contribution in [-0.2, 0) is 6.54 Å². The largest absolute Gasteiger partial charge is 0.493 e. The van der Waals surface area contributed by atoms with Crippen molar-refractivity contribution in [1.82, 2.24) is 5.32 Å². The van der Waals surface area contributed by atoms with Gasteiger partial charge in [0.15, 0.2) is 11.5 Å². The van der Waals surface area contributed by atoms with Gasteiger partial charge in [-0.3, -0.25) is 0 Å². The predicted molar refractivity (Wildman–Crippen MR) is 76.8 cm³/mol. The van der Waals surface area contributed by atoms with Crippen LogP contribution in [0.5, 0.6) is 11.5 Å². The third-order valence-corrected chi connectivity index (χ3v) is 4.44. The number of methoxy groups -OCH3 is 1. The van der Waals surface area contributed by atoms with Crippen molar-refractivity contribution in [2.75, 3.05) is 18.6 Å². The minimum absolute atomic E-state index is 0.126. The lowest BCUT2D eigenvalue weighted by Gasteiger charge is -2.23. The Hall–Kier alpha value is -1.01. The molecule has 0 amide bonds. The Morgan fingerprint density at radius 1 is 1.45 bits per heavy atom. The maximum absolute atomic E-state index is 12.5. The van der Waals surface area contributed by atoms with Gasteiger partial charge in [0.2, 0.25) is 0 Å². The molecule has 1 aliphatic rings. The fourth-order valence-corrected chi connectivity index (χ4v) is 3.35. The van der Waals surface area contributed by atoms with E-state index in [0.717, 1.165) is 12.2 Å². The lowest BCUT2D eigenvalue weighted by atomic mass is 10.1. The van der Waals surface area contributed by atoms with Gasteiger partial charge in [0.25, 0.3) is 0 Å². The van der Waals surface area contributed by atoms with Crippen LogP contribution in [0.3, 0.4) is 0 Å². The normalized spacial score (nSPS) is 19.1. The van der Waals surface area contributed by atoms with Crippen LogP contribution < -0.4 is 14.8 Å². The first-order valence-electron chi connectivity index (χ1n) is 6.62. The standard InChI is InChI=1S/C14H19F2NO2S/c1-18-12-6-2-4-10(13(12)19-14(15)16)8-17-11-5-3-7-20-9-11/h2,4,6,11,14,17H,3,5,7-9H2,1H3. The zero-order valence-corrected chi connectivity index (χ0v) is 12.2. The maximum atomic E-state index is 12.5. The van der Waals surface area contributed by atoms with Crippen molar-refractivity contribution in [1.29, 1.82) is 0 Å². The summed E-state index contributed by atoms with van der Waals surface area (Å²) >= 11 is 1.92. The highest BCUT2D eigenvalue weighted by atomic mass is 32.2. The summed E-state index contributed by atoms with van der Waals surface area (Å²) in [7, 11) is 1.45. The van der Waals surface area contributed by atoms with E-state index in [0.29, 0.717) is 23.9 Å². The van der Waals surface area contributed by atoms with Crippen LogP contribution in [0, 0.1) is 0 Å². The number of ether oxygens (including phenoxy) is 2. The molecular formula is C14H19F2NO2S. The smallest absolute Gasteiger partial charge is 0.387 e. The molecule has 1 N–H and O–H groups in total. The second kappa shape index (κ2) is 7.69. The number of thioether (sulfide) groups is 1. The average molecular weight is 303 g/mol. The van der Waals surface area contributed by atoms with E-state index in [1.807, 2.05) is 11.8 Å². The Bertz CT molecular complexity index is 426. The van der Waals surface area contributed by atoms with E-state index in [1.54, 1.807) is 18.2 Å². The summed E-state index contributed by atoms with van der Waals surface area (Å²) in [4.78, 5) is 0. The van der Waals surface area contributed by atoms with Gasteiger partial charge in [-0.05, 0) is 24.7 Å². The SMILES string of the molecule is COc1cccc(CNC2CCCSC2)c1OC(F)F. The first-order valence-corrected chi connectivity index (χ1v) is 7.78. The molecule has 1 unspecified atom stereocenters. The minimum atomic E-state index is -2.85. The highest BCUT2D eigenvalue weighted by Gasteiger charge is 2.17. The predicted octanol–water partition coefficient (Wildman–Crippen LogP) is 3.28. The van der Waals surface area contributed by atoms with E-state index >= 15 is 0 Å². The Kier molecular flexibility index (Phi) is 5.91. The summed E-state index contributed by atoms with van der Waals surface area (Å²) in [6.07, 6.45) is 2.32. The number of alkyl halides is 2. The van der Waals surface area contributed by atoms with Gasteiger partial charge in [-0.15, -0.1) is 0 Å². The van der Waals surface area contributed by atoms with Crippen LogP contribution in [0.15, 0.2) is 18.2 Å². The molecule has 3 nitrogen and oxygen atoms in total. The first-order chi connectivity index (χ1) is 9.70. The Balaban J connectivity index is 2.05. The number of hydrogen-bond acceptors (Lipinski definition) is 4. The second-order valence-electron chi connectivity index (χ2n) is 4.62. The lowest BCUT2D eigenvalue weighted by molar-refractivity contribution is -0.0518. The van der Waals surface area contributed by atoms with E-state index in [2.05, 4.69) is 10.1 Å². The lowest BCUT2D eigenvalue weighted by Crippen LogP contribution is -2.33. The van der Waals surface area contributed by atoms with Crippen LogP contribution in [-0.4, -0.2) is 31.3 Å². The molecule has 1 aliphatic heterocycles. The number of nitrogens with one attached hydrogen (secondary N) is 1. The van der Waals surface area contributed by atoms with Crippen molar-refractivity contribution in [2.45, 2.75) is 32.0 Å². The Morgan fingerprint density at radius 2 is 2.30 bits per heavy atom. The van der Waals surface area contributed by atoms with E-state index in [1.165, 1.54) is 19.3 Å². The van der Waals surface area contributed by atoms with Gasteiger partial charge in [0, 0.05) is 23.9 Å². The van der Waals surface area contributed by atoms with Gasteiger partial charge in [-0.1, -0.05) is 12.1 Å². The summed E-state index contributed by atoms with van der Waals surface area (Å²) in [5.74, 6) is 2.73. The highest BCUT2D eigenvalue weighted by molar-refractivity contribution is 7.99. The topological polar surface area (TPSA) is 30.5 Å². The minimum Gasteiger partial charge on any atom is -0.493 e. The molecule has 0 aromatic heterocycles. The van der Waals surface area contributed by atoms with Crippen LogP contribution in [0.4, 0.5) is 8.78 Å². The van der Waals surface area contributed by atoms with Crippen LogP contribution in [0.25, 0.3) is 0 Å². The third kappa shape index (κ3) is 4.24. The van der Waals surface area contributed by atoms with Crippen LogP contribution >= 0.6 is 11.8 Å². The molecule has 0 radical (unpaired) electrons. The molecule has 1 heterocycles. The summed E-state index contributed by atoms with van der Waals surface area (Å²) < 4.78 is 34.7. The van der Waals surface area contributed by atoms with Gasteiger partial charge in [0.1, 0.15) is 0 Å². The molecule has 0 bridgehead atoms. The van der Waals surface area contributed by atoms with Crippen LogP contribution in [0.1, 0.15) is 18.4 Å². The van der Waals surface area contributed by atoms with Crippen LogP contribution in [0.2, 0.25) is 0 Å². The summed E-state index contributed by atoms with van der Waals surface area (Å²) in [5.41, 5.74) is 0.695. The van der Waals surface area contributed by atoms with Crippen molar-refractivity contribution < 1.29 is 18.3 Å². The van der Waals surface area contributed by atoms with E-state index in [4.69, 9.17) is 4.74 Å².